The summed E-state index contributed by atoms with van der Waals surface area (Å²) in [4.78, 5) is 15.9. The van der Waals surface area contributed by atoms with Gasteiger partial charge < -0.3 is 14.6 Å². The van der Waals surface area contributed by atoms with Crippen LogP contribution in [0.15, 0.2) is 42.6 Å². The van der Waals surface area contributed by atoms with E-state index in [9.17, 15) is 9.90 Å². The van der Waals surface area contributed by atoms with E-state index in [0.29, 0.717) is 16.9 Å². The molecule has 41 heavy (non-hydrogen) atoms. The standard InChI is InChI=1S/C34H37F2NO4/c1-19-31(32(38)39)34(19)12-5-7-20-9-10-22(14-27(20)34)41-18-21-13-24(26-8-6-11-33(26,2)3)23(15-28(21)35)25-16-30(40-4)37-17-29(25)36/h9-10,13-17,19,26,31H,5-8,11-12,18H2,1-4H3,(H,38,39)/t19-,26?,31?,34?/m0/s1. The average Bonchev–Trinajstić information content (AvgIpc) is 3.36. The van der Waals surface area contributed by atoms with E-state index in [2.05, 4.69) is 18.8 Å². The van der Waals surface area contributed by atoms with Gasteiger partial charge in [0.15, 0.2) is 0 Å². The van der Waals surface area contributed by atoms with Crippen LogP contribution in [-0.4, -0.2) is 23.2 Å². The molecule has 2 saturated carbocycles. The van der Waals surface area contributed by atoms with E-state index in [-0.39, 0.29) is 46.6 Å². The molecule has 0 radical (unpaired) electrons. The van der Waals surface area contributed by atoms with Crippen LogP contribution in [-0.2, 0) is 23.2 Å². The first-order valence-corrected chi connectivity index (χ1v) is 14.6. The number of aryl methyl sites for hydroxylation is 1. The minimum absolute atomic E-state index is 0.0120. The smallest absolute Gasteiger partial charge is 0.307 e. The normalized spacial score (nSPS) is 26.0. The summed E-state index contributed by atoms with van der Waals surface area (Å²) >= 11 is 0. The van der Waals surface area contributed by atoms with Crippen LogP contribution >= 0.6 is 0 Å². The maximum Gasteiger partial charge on any atom is 0.307 e. The molecular weight excluding hydrogens is 524 g/mol. The van der Waals surface area contributed by atoms with Crippen LogP contribution in [0.3, 0.4) is 0 Å². The van der Waals surface area contributed by atoms with Crippen LogP contribution in [0.5, 0.6) is 11.6 Å². The summed E-state index contributed by atoms with van der Waals surface area (Å²) in [7, 11) is 1.47. The number of hydrogen-bond donors (Lipinski definition) is 1. The SMILES string of the molecule is COc1cc(-c2cc(F)c(COc3ccc4c(c3)C3(CCC4)C(C(=O)O)[C@@H]3C)cc2C2CCCC2(C)C)c(F)cn1. The molecule has 0 bridgehead atoms. The number of aromatic nitrogens is 1. The third-order valence-electron chi connectivity index (χ3n) is 10.2. The van der Waals surface area contributed by atoms with Crippen LogP contribution < -0.4 is 9.47 Å². The topological polar surface area (TPSA) is 68.7 Å². The summed E-state index contributed by atoms with van der Waals surface area (Å²) in [6.45, 7) is 6.46. The highest BCUT2D eigenvalue weighted by Crippen LogP contribution is 2.65. The maximum atomic E-state index is 15.7. The lowest BCUT2D eigenvalue weighted by atomic mass is 9.75. The van der Waals surface area contributed by atoms with E-state index in [1.807, 2.05) is 31.2 Å². The van der Waals surface area contributed by atoms with Crippen molar-refractivity contribution >= 4 is 5.97 Å². The number of nitrogens with zero attached hydrogens (tertiary/aromatic N) is 1. The number of carboxylic acid groups (broad SMARTS) is 1. The van der Waals surface area contributed by atoms with Gasteiger partial charge in [-0.2, -0.15) is 0 Å². The monoisotopic (exact) mass is 561 g/mol. The molecule has 0 amide bonds. The first kappa shape index (κ1) is 27.7. The van der Waals surface area contributed by atoms with Crippen LogP contribution in [0.2, 0.25) is 0 Å². The molecule has 2 aromatic carbocycles. The highest BCUT2D eigenvalue weighted by atomic mass is 19.1. The fourth-order valence-corrected chi connectivity index (χ4v) is 7.93. The molecule has 3 aromatic rings. The number of carbonyl (C=O) groups is 1. The second kappa shape index (κ2) is 10.1. The Morgan fingerprint density at radius 1 is 1.07 bits per heavy atom. The molecule has 1 heterocycles. The summed E-state index contributed by atoms with van der Waals surface area (Å²) < 4.78 is 42.2. The van der Waals surface area contributed by atoms with Crippen molar-refractivity contribution in [2.75, 3.05) is 7.11 Å². The molecular formula is C34H37F2NO4. The van der Waals surface area contributed by atoms with Crippen molar-refractivity contribution < 1.29 is 28.2 Å². The molecule has 3 unspecified atom stereocenters. The van der Waals surface area contributed by atoms with Crippen LogP contribution in [0.1, 0.15) is 81.0 Å². The number of hydrogen-bond acceptors (Lipinski definition) is 4. The molecule has 1 spiro atoms. The van der Waals surface area contributed by atoms with Gasteiger partial charge in [-0.15, -0.1) is 0 Å². The Morgan fingerprint density at radius 2 is 1.88 bits per heavy atom. The van der Waals surface area contributed by atoms with Crippen molar-refractivity contribution in [3.63, 3.8) is 0 Å². The lowest BCUT2D eigenvalue weighted by molar-refractivity contribution is -0.139. The van der Waals surface area contributed by atoms with Crippen molar-refractivity contribution in [3.8, 4) is 22.8 Å². The number of halogens is 2. The van der Waals surface area contributed by atoms with Crippen LogP contribution in [0.25, 0.3) is 11.1 Å². The number of fused-ring (bicyclic) bond motifs is 2. The van der Waals surface area contributed by atoms with Crippen molar-refractivity contribution in [2.24, 2.45) is 17.3 Å². The minimum Gasteiger partial charge on any atom is -0.489 e. The third kappa shape index (κ3) is 4.58. The Hall–Kier alpha value is -3.48. The van der Waals surface area contributed by atoms with Gasteiger partial charge in [0.1, 0.15) is 24.0 Å². The Kier molecular flexibility index (Phi) is 6.82. The molecule has 2 fully saturated rings. The van der Waals surface area contributed by atoms with Crippen molar-refractivity contribution in [1.82, 2.24) is 4.98 Å². The number of rotatable bonds is 7. The molecule has 1 N–H and O–H groups in total. The molecule has 0 saturated heterocycles. The zero-order chi connectivity index (χ0) is 29.1. The predicted octanol–water partition coefficient (Wildman–Crippen LogP) is 7.83. The van der Waals surface area contributed by atoms with E-state index in [1.165, 1.54) is 24.8 Å². The molecule has 3 aliphatic rings. The number of methoxy groups -OCH3 is 1. The summed E-state index contributed by atoms with van der Waals surface area (Å²) in [6, 6.07) is 10.7. The third-order valence-corrected chi connectivity index (χ3v) is 10.2. The fraction of sp³-hybridized carbons (Fsp3) is 0.471. The van der Waals surface area contributed by atoms with Gasteiger partial charge in [0.25, 0.3) is 0 Å². The molecule has 216 valence electrons. The second-order valence-corrected chi connectivity index (χ2v) is 12.8. The quantitative estimate of drug-likeness (QED) is 0.318. The molecule has 4 atom stereocenters. The fourth-order valence-electron chi connectivity index (χ4n) is 7.93. The lowest BCUT2D eigenvalue weighted by Gasteiger charge is -2.30. The second-order valence-electron chi connectivity index (χ2n) is 12.8. The Morgan fingerprint density at radius 3 is 2.56 bits per heavy atom. The predicted molar refractivity (Wildman–Crippen MR) is 152 cm³/mol. The van der Waals surface area contributed by atoms with Gasteiger partial charge in [0.05, 0.1) is 19.2 Å². The number of carboxylic acids is 1. The van der Waals surface area contributed by atoms with E-state index in [0.717, 1.165) is 55.8 Å². The van der Waals surface area contributed by atoms with Gasteiger partial charge in [-0.3, -0.25) is 4.79 Å². The summed E-state index contributed by atoms with van der Waals surface area (Å²) in [5, 5.41) is 9.82. The highest BCUT2D eigenvalue weighted by molar-refractivity contribution is 5.79. The van der Waals surface area contributed by atoms with Gasteiger partial charge in [-0.25, -0.2) is 13.8 Å². The van der Waals surface area contributed by atoms with E-state index in [1.54, 1.807) is 0 Å². The lowest BCUT2D eigenvalue weighted by Crippen LogP contribution is -2.22. The molecule has 3 aliphatic carbocycles. The minimum atomic E-state index is -0.746. The van der Waals surface area contributed by atoms with Gasteiger partial charge in [-0.05, 0) is 95.9 Å². The van der Waals surface area contributed by atoms with E-state index >= 15 is 8.78 Å². The first-order chi connectivity index (χ1) is 19.6. The van der Waals surface area contributed by atoms with Gasteiger partial charge >= 0.3 is 5.97 Å². The molecule has 7 heteroatoms. The first-order valence-electron chi connectivity index (χ1n) is 14.6. The van der Waals surface area contributed by atoms with Crippen molar-refractivity contribution in [1.29, 1.82) is 0 Å². The Bertz CT molecular complexity index is 1520. The number of benzene rings is 2. The number of pyridine rings is 1. The zero-order valence-electron chi connectivity index (χ0n) is 24.1. The van der Waals surface area contributed by atoms with Gasteiger partial charge in [-0.1, -0.05) is 33.3 Å². The number of ether oxygens (including phenoxy) is 2. The van der Waals surface area contributed by atoms with Crippen LogP contribution in [0, 0.1) is 28.9 Å². The van der Waals surface area contributed by atoms with E-state index in [4.69, 9.17) is 9.47 Å². The van der Waals surface area contributed by atoms with Gasteiger partial charge in [0, 0.05) is 22.6 Å². The van der Waals surface area contributed by atoms with E-state index < -0.39 is 17.6 Å². The van der Waals surface area contributed by atoms with Crippen LogP contribution in [0.4, 0.5) is 8.78 Å². The van der Waals surface area contributed by atoms with Gasteiger partial charge in [0.2, 0.25) is 5.88 Å². The summed E-state index contributed by atoms with van der Waals surface area (Å²) in [5.41, 5.74) is 3.97. The molecule has 6 rings (SSSR count). The average molecular weight is 562 g/mol. The maximum absolute atomic E-state index is 15.7. The van der Waals surface area contributed by atoms with Crippen molar-refractivity contribution in [3.05, 3.63) is 76.5 Å². The highest BCUT2D eigenvalue weighted by Gasteiger charge is 2.67. The Balaban J connectivity index is 1.35. The largest absolute Gasteiger partial charge is 0.489 e. The Labute approximate surface area is 239 Å². The van der Waals surface area contributed by atoms with Crippen molar-refractivity contribution in [2.45, 2.75) is 77.2 Å². The summed E-state index contributed by atoms with van der Waals surface area (Å²) in [5.74, 6) is -1.05. The molecule has 5 nitrogen and oxygen atoms in total. The molecule has 1 aromatic heterocycles. The number of aliphatic carboxylic acids is 1. The zero-order valence-corrected chi connectivity index (χ0v) is 24.1. The molecule has 0 aliphatic heterocycles. The summed E-state index contributed by atoms with van der Waals surface area (Å²) in [6.07, 6.45) is 6.89.